The highest BCUT2D eigenvalue weighted by Gasteiger charge is 2.46. The number of carbonyl (C=O) groups excluding carboxylic acids is 7. The second kappa shape index (κ2) is 22.6. The smallest absolute Gasteiger partial charge is 0.328 e. The monoisotopic (exact) mass is 794 g/mol. The summed E-state index contributed by atoms with van der Waals surface area (Å²) < 4.78 is 4.82. The van der Waals surface area contributed by atoms with Crippen molar-refractivity contribution in [1.82, 2.24) is 35.3 Å². The first-order chi connectivity index (χ1) is 26.0. The van der Waals surface area contributed by atoms with Gasteiger partial charge in [-0.15, -0.1) is 0 Å². The van der Waals surface area contributed by atoms with Gasteiger partial charge in [0.15, 0.2) is 0 Å². The fourth-order valence-corrected chi connectivity index (χ4v) is 7.29. The normalized spacial score (nSPS) is 22.4. The second-order valence-corrected chi connectivity index (χ2v) is 16.1. The third kappa shape index (κ3) is 12.5. The number of nitrogens with one attached hydrogen (secondary N) is 2. The molecule has 1 aliphatic rings. The van der Waals surface area contributed by atoms with Gasteiger partial charge in [-0.2, -0.15) is 0 Å². The van der Waals surface area contributed by atoms with E-state index in [0.29, 0.717) is 17.9 Å². The number of hydroxylamine groups is 2. The Bertz CT molecular complexity index is 1410. The molecule has 16 heteroatoms. The molecule has 0 radical (unpaired) electrons. The highest BCUT2D eigenvalue weighted by atomic mass is 16.5. The third-order valence-corrected chi connectivity index (χ3v) is 10.9. The van der Waals surface area contributed by atoms with Crippen molar-refractivity contribution < 1.29 is 43.5 Å². The van der Waals surface area contributed by atoms with E-state index in [-0.39, 0.29) is 37.0 Å². The van der Waals surface area contributed by atoms with Crippen LogP contribution in [0.25, 0.3) is 0 Å². The molecule has 1 rings (SSSR count). The van der Waals surface area contributed by atoms with E-state index in [4.69, 9.17) is 4.74 Å². The Hall–Kier alpha value is -4.05. The van der Waals surface area contributed by atoms with Crippen LogP contribution in [0.2, 0.25) is 0 Å². The summed E-state index contributed by atoms with van der Waals surface area (Å²) in [5.41, 5.74) is 0. The summed E-state index contributed by atoms with van der Waals surface area (Å²) >= 11 is 0. The first-order valence-electron chi connectivity index (χ1n) is 19.8. The lowest BCUT2D eigenvalue weighted by Crippen LogP contribution is -2.64. The van der Waals surface area contributed by atoms with Gasteiger partial charge in [0, 0.05) is 27.2 Å². The Labute approximate surface area is 334 Å². The van der Waals surface area contributed by atoms with Gasteiger partial charge >= 0.3 is 5.97 Å². The van der Waals surface area contributed by atoms with Gasteiger partial charge in [-0.05, 0) is 84.6 Å². The van der Waals surface area contributed by atoms with Gasteiger partial charge < -0.3 is 35.0 Å². The predicted octanol–water partition coefficient (Wildman–Crippen LogP) is 2.43. The zero-order chi connectivity index (χ0) is 43.4. The van der Waals surface area contributed by atoms with Crippen LogP contribution in [0.1, 0.15) is 101 Å². The van der Waals surface area contributed by atoms with Crippen molar-refractivity contribution in [1.29, 1.82) is 0 Å². The van der Waals surface area contributed by atoms with Crippen LogP contribution in [0.5, 0.6) is 0 Å². The summed E-state index contributed by atoms with van der Waals surface area (Å²) in [5, 5.41) is 17.5. The molecule has 1 saturated heterocycles. The van der Waals surface area contributed by atoms with Gasteiger partial charge in [0.2, 0.25) is 29.5 Å². The number of hydrogen-bond acceptors (Lipinski definition) is 10. The molecule has 0 saturated carbocycles. The fraction of sp³-hybridized carbons (Fsp3) is 0.775. The minimum Gasteiger partial charge on any atom is -0.467 e. The first-order valence-corrected chi connectivity index (χ1v) is 19.8. The van der Waals surface area contributed by atoms with E-state index in [9.17, 15) is 38.8 Å². The summed E-state index contributed by atoms with van der Waals surface area (Å²) in [7, 11) is 7.24. The number of hydrogen-bond donors (Lipinski definition) is 3. The van der Waals surface area contributed by atoms with Gasteiger partial charge in [-0.1, -0.05) is 53.7 Å². The van der Waals surface area contributed by atoms with Crippen molar-refractivity contribution >= 4 is 41.4 Å². The molecule has 1 heterocycles. The molecule has 1 aliphatic heterocycles. The molecule has 0 aromatic carbocycles. The van der Waals surface area contributed by atoms with E-state index in [1.165, 1.54) is 47.9 Å². The van der Waals surface area contributed by atoms with E-state index in [2.05, 4.69) is 10.6 Å². The van der Waals surface area contributed by atoms with E-state index in [1.807, 2.05) is 39.8 Å². The van der Waals surface area contributed by atoms with Crippen LogP contribution in [0, 0.1) is 17.8 Å². The number of nitrogens with zero attached hydrogens (tertiary/aromatic N) is 5. The molecule has 9 atom stereocenters. The zero-order valence-electron chi connectivity index (χ0n) is 36.5. The Morgan fingerprint density at radius 2 is 1.59 bits per heavy atom. The van der Waals surface area contributed by atoms with E-state index in [0.717, 1.165) is 0 Å². The Balaban J connectivity index is 3.81. The molecular weight excluding hydrogens is 722 g/mol. The van der Waals surface area contributed by atoms with Crippen LogP contribution >= 0.6 is 0 Å². The van der Waals surface area contributed by atoms with E-state index >= 15 is 0 Å². The molecule has 16 nitrogen and oxygen atoms in total. The maximum atomic E-state index is 14.8. The summed E-state index contributed by atoms with van der Waals surface area (Å²) in [6.07, 6.45) is 4.77. The van der Waals surface area contributed by atoms with Gasteiger partial charge in [0.1, 0.15) is 36.3 Å². The summed E-state index contributed by atoms with van der Waals surface area (Å²) in [6.45, 7) is 17.6. The largest absolute Gasteiger partial charge is 0.467 e. The fourth-order valence-electron chi connectivity index (χ4n) is 7.29. The molecule has 56 heavy (non-hydrogen) atoms. The van der Waals surface area contributed by atoms with Crippen molar-refractivity contribution in [2.75, 3.05) is 35.3 Å². The molecule has 0 aliphatic carbocycles. The molecule has 0 spiro atoms. The summed E-state index contributed by atoms with van der Waals surface area (Å²) in [6, 6.07) is -8.23. The maximum Gasteiger partial charge on any atom is 0.328 e. The van der Waals surface area contributed by atoms with Crippen LogP contribution in [0.3, 0.4) is 0 Å². The van der Waals surface area contributed by atoms with Crippen molar-refractivity contribution in [3.05, 3.63) is 12.2 Å². The number of likely N-dealkylation sites (N-methyl/N-ethyl adjacent to an activating group) is 4. The van der Waals surface area contributed by atoms with Crippen LogP contribution in [0.15, 0.2) is 12.2 Å². The highest BCUT2D eigenvalue weighted by Crippen LogP contribution is 2.26. The lowest BCUT2D eigenvalue weighted by molar-refractivity contribution is -0.189. The number of allylic oxidation sites excluding steroid dienone is 2. The van der Waals surface area contributed by atoms with Crippen molar-refractivity contribution in [3.8, 4) is 0 Å². The molecule has 6 amide bonds. The number of amides is 6. The number of ether oxygens (including phenoxy) is 1. The van der Waals surface area contributed by atoms with Crippen molar-refractivity contribution in [2.45, 2.75) is 150 Å². The quantitative estimate of drug-likeness (QED) is 0.0854. The van der Waals surface area contributed by atoms with E-state index < -0.39 is 89.8 Å². The zero-order valence-corrected chi connectivity index (χ0v) is 36.5. The maximum absolute atomic E-state index is 14.8. The Morgan fingerprint density at radius 1 is 1.00 bits per heavy atom. The number of methoxy groups -OCH3 is 1. The third-order valence-electron chi connectivity index (χ3n) is 10.9. The Kier molecular flexibility index (Phi) is 20.2. The summed E-state index contributed by atoms with van der Waals surface area (Å²) in [5.74, 6) is -5.01. The lowest BCUT2D eigenvalue weighted by atomic mass is 9.94. The van der Waals surface area contributed by atoms with Gasteiger partial charge in [0.25, 0.3) is 5.91 Å². The minimum atomic E-state index is -1.43. The minimum absolute atomic E-state index is 0.00629. The molecule has 0 aromatic rings. The molecule has 1 fully saturated rings. The Morgan fingerprint density at radius 3 is 2.07 bits per heavy atom. The summed E-state index contributed by atoms with van der Waals surface area (Å²) in [4.78, 5) is 103. The molecular formula is C40H71N7O9. The molecule has 2 unspecified atom stereocenters. The molecule has 320 valence electrons. The van der Waals surface area contributed by atoms with Crippen LogP contribution in [-0.2, 0) is 38.3 Å². The van der Waals surface area contributed by atoms with Crippen molar-refractivity contribution in [2.24, 2.45) is 17.8 Å². The number of esters is 1. The van der Waals surface area contributed by atoms with Gasteiger partial charge in [0.05, 0.1) is 13.2 Å². The standard InChI is InChI=1S/C40H71N7O9/c1-16-18-19-25(7)21-30(34(48)42-29(17-2)40(54)56-15)47(55)39(53)33(24(5)6)45(14)38(52)32-22-26(8)46(35(49)27(9)41-11)28(10)36(50)43(12)31(20-23(3)4)37(51)44(32)13/h16,18,23-33,41,55H,17,19-22H2,1-15H3,(H,42,48)/b18-16+/t25-,26?,27+,28-,29+,30+,31+,32+,33?/m1/s1. The first kappa shape index (κ1) is 50.0. The SMILES string of the molecule is C/C=C/C[C@@H](C)C[C@@H](C(=O)N[C@@H](CC)C(=O)OC)N(O)C(=O)C(C(C)C)N(C)C(=O)[C@@H]1CC(C)N(C(=O)[C@H](C)NC)[C@H](C)C(=O)N(C)[C@@H](CC(C)C)C(=O)N1C. The average molecular weight is 794 g/mol. The number of rotatable bonds is 17. The molecule has 3 N–H and O–H groups in total. The van der Waals surface area contributed by atoms with E-state index in [1.54, 1.807) is 48.6 Å². The van der Waals surface area contributed by atoms with Crippen LogP contribution in [-0.4, -0.2) is 155 Å². The lowest BCUT2D eigenvalue weighted by Gasteiger charge is -2.45. The van der Waals surface area contributed by atoms with Crippen LogP contribution in [0.4, 0.5) is 0 Å². The second-order valence-electron chi connectivity index (χ2n) is 16.1. The van der Waals surface area contributed by atoms with Crippen LogP contribution < -0.4 is 10.6 Å². The highest BCUT2D eigenvalue weighted by molar-refractivity contribution is 5.97. The average Bonchev–Trinajstić information content (AvgIpc) is 3.15. The molecule has 0 bridgehead atoms. The number of carbonyl (C=O) groups is 7. The van der Waals surface area contributed by atoms with Crippen molar-refractivity contribution in [3.63, 3.8) is 0 Å². The van der Waals surface area contributed by atoms with Gasteiger partial charge in [-0.3, -0.25) is 34.0 Å². The topological polar surface area (TPSA) is 189 Å². The molecule has 0 aromatic heterocycles. The van der Waals surface area contributed by atoms with Gasteiger partial charge in [-0.25, -0.2) is 9.86 Å². The predicted molar refractivity (Wildman–Crippen MR) is 213 cm³/mol.